The van der Waals surface area contributed by atoms with E-state index in [0.717, 1.165) is 54.9 Å². The van der Waals surface area contributed by atoms with Crippen molar-refractivity contribution in [2.75, 3.05) is 31.7 Å². The van der Waals surface area contributed by atoms with E-state index >= 15 is 0 Å². The van der Waals surface area contributed by atoms with Crippen LogP contribution in [0.1, 0.15) is 31.5 Å². The molecule has 0 amide bonds. The first-order chi connectivity index (χ1) is 11.3. The number of hydrogen-bond acceptors (Lipinski definition) is 5. The number of rotatable bonds is 11. The minimum absolute atomic E-state index is 0.679. The van der Waals surface area contributed by atoms with E-state index in [1.165, 1.54) is 5.56 Å². The van der Waals surface area contributed by atoms with Crippen molar-refractivity contribution in [3.05, 3.63) is 41.6 Å². The molecule has 4 nitrogen and oxygen atoms in total. The summed E-state index contributed by atoms with van der Waals surface area (Å²) in [5, 5.41) is 5.28. The van der Waals surface area contributed by atoms with E-state index < -0.39 is 0 Å². The number of aromatic nitrogens is 1. The van der Waals surface area contributed by atoms with E-state index in [1.54, 1.807) is 11.3 Å². The van der Waals surface area contributed by atoms with E-state index in [4.69, 9.17) is 9.47 Å². The molecule has 126 valence electrons. The van der Waals surface area contributed by atoms with Crippen molar-refractivity contribution in [1.82, 2.24) is 4.98 Å². The molecule has 23 heavy (non-hydrogen) atoms. The highest BCUT2D eigenvalue weighted by Gasteiger charge is 2.10. The molecule has 0 aliphatic heterocycles. The minimum Gasteiger partial charge on any atom is -0.482 e. The number of benzene rings is 1. The standard InChI is InChI=1S/C18H26N2O2S/c1-3-16-17(22-14-8-13-21-4-2)23-18(20-16)19-12-11-15-9-6-5-7-10-15/h5-7,9-10H,3-4,8,11-14H2,1-2H3,(H,19,20). The fourth-order valence-corrected chi connectivity index (χ4v) is 3.13. The molecule has 0 atom stereocenters. The lowest BCUT2D eigenvalue weighted by Gasteiger charge is -2.04. The third-order valence-corrected chi connectivity index (χ3v) is 4.37. The Labute approximate surface area is 142 Å². The average Bonchev–Trinajstić information content (AvgIpc) is 2.98. The highest BCUT2D eigenvalue weighted by molar-refractivity contribution is 7.17. The summed E-state index contributed by atoms with van der Waals surface area (Å²) in [5.74, 6) is 0. The molecule has 1 aromatic carbocycles. The first-order valence-corrected chi connectivity index (χ1v) is 9.13. The van der Waals surface area contributed by atoms with Gasteiger partial charge in [-0.1, -0.05) is 48.6 Å². The van der Waals surface area contributed by atoms with Crippen molar-refractivity contribution in [2.24, 2.45) is 0 Å². The lowest BCUT2D eigenvalue weighted by molar-refractivity contribution is 0.131. The highest BCUT2D eigenvalue weighted by Crippen LogP contribution is 2.31. The van der Waals surface area contributed by atoms with Crippen molar-refractivity contribution in [1.29, 1.82) is 0 Å². The summed E-state index contributed by atoms with van der Waals surface area (Å²) in [4.78, 5) is 4.63. The van der Waals surface area contributed by atoms with Crippen LogP contribution < -0.4 is 10.1 Å². The molecular formula is C18H26N2O2S. The molecular weight excluding hydrogens is 308 g/mol. The van der Waals surface area contributed by atoms with Crippen LogP contribution >= 0.6 is 11.3 Å². The molecule has 0 bridgehead atoms. The molecule has 0 spiro atoms. The number of thiazole rings is 1. The molecule has 0 aliphatic rings. The van der Waals surface area contributed by atoms with E-state index in [1.807, 2.05) is 13.0 Å². The lowest BCUT2D eigenvalue weighted by Crippen LogP contribution is -2.04. The number of nitrogens with one attached hydrogen (secondary N) is 1. The maximum absolute atomic E-state index is 5.86. The number of ether oxygens (including phenoxy) is 2. The quantitative estimate of drug-likeness (QED) is 0.627. The zero-order valence-corrected chi connectivity index (χ0v) is 14.8. The second-order valence-electron chi connectivity index (χ2n) is 5.17. The number of aryl methyl sites for hydroxylation is 1. The Kier molecular flexibility index (Phi) is 7.90. The predicted octanol–water partition coefficient (Wildman–Crippen LogP) is 4.17. The molecule has 2 rings (SSSR count). The second kappa shape index (κ2) is 10.2. The van der Waals surface area contributed by atoms with Crippen LogP contribution in [0.25, 0.3) is 0 Å². The van der Waals surface area contributed by atoms with Gasteiger partial charge >= 0.3 is 0 Å². The van der Waals surface area contributed by atoms with Crippen LogP contribution in [0.3, 0.4) is 0 Å². The maximum atomic E-state index is 5.86. The SMILES string of the molecule is CCOCCCOc1sc(NCCc2ccccc2)nc1CC. The molecule has 0 unspecified atom stereocenters. The Morgan fingerprint density at radius 3 is 2.70 bits per heavy atom. The summed E-state index contributed by atoms with van der Waals surface area (Å²) >= 11 is 1.60. The summed E-state index contributed by atoms with van der Waals surface area (Å²) in [6.45, 7) is 7.18. The normalized spacial score (nSPS) is 10.7. The van der Waals surface area contributed by atoms with Gasteiger partial charge in [0.05, 0.1) is 12.3 Å². The van der Waals surface area contributed by atoms with Gasteiger partial charge in [0.25, 0.3) is 0 Å². The molecule has 2 aromatic rings. The zero-order valence-electron chi connectivity index (χ0n) is 14.0. The molecule has 0 saturated heterocycles. The van der Waals surface area contributed by atoms with Crippen LogP contribution in [0, 0.1) is 0 Å². The minimum atomic E-state index is 0.679. The molecule has 5 heteroatoms. The zero-order chi connectivity index (χ0) is 16.3. The average molecular weight is 334 g/mol. The second-order valence-corrected chi connectivity index (χ2v) is 6.13. The summed E-state index contributed by atoms with van der Waals surface area (Å²) in [5.41, 5.74) is 2.37. The van der Waals surface area contributed by atoms with Crippen LogP contribution in [0.5, 0.6) is 5.06 Å². The fraction of sp³-hybridized carbons (Fsp3) is 0.500. The van der Waals surface area contributed by atoms with Gasteiger partial charge in [0.15, 0.2) is 10.2 Å². The molecule has 0 fully saturated rings. The Bertz CT molecular complexity index is 557. The van der Waals surface area contributed by atoms with Crippen molar-refractivity contribution >= 4 is 16.5 Å². The van der Waals surface area contributed by atoms with Crippen LogP contribution in [0.15, 0.2) is 30.3 Å². The predicted molar refractivity (Wildman–Crippen MR) is 96.7 cm³/mol. The molecule has 1 heterocycles. The smallest absolute Gasteiger partial charge is 0.199 e. The Balaban J connectivity index is 1.78. The molecule has 0 aliphatic carbocycles. The van der Waals surface area contributed by atoms with Crippen molar-refractivity contribution in [3.63, 3.8) is 0 Å². The van der Waals surface area contributed by atoms with E-state index in [9.17, 15) is 0 Å². The number of hydrogen-bond donors (Lipinski definition) is 1. The first kappa shape index (κ1) is 17.8. The Morgan fingerprint density at radius 2 is 1.96 bits per heavy atom. The van der Waals surface area contributed by atoms with Crippen molar-refractivity contribution < 1.29 is 9.47 Å². The first-order valence-electron chi connectivity index (χ1n) is 8.31. The van der Waals surface area contributed by atoms with E-state index in [-0.39, 0.29) is 0 Å². The van der Waals surface area contributed by atoms with Gasteiger partial charge in [-0.3, -0.25) is 0 Å². The summed E-state index contributed by atoms with van der Waals surface area (Å²) < 4.78 is 11.2. The fourth-order valence-electron chi connectivity index (χ4n) is 2.18. The largest absolute Gasteiger partial charge is 0.482 e. The van der Waals surface area contributed by atoms with Crippen LogP contribution in [0.2, 0.25) is 0 Å². The summed E-state index contributed by atoms with van der Waals surface area (Å²) in [6, 6.07) is 10.5. The van der Waals surface area contributed by atoms with Crippen molar-refractivity contribution in [2.45, 2.75) is 33.1 Å². The molecule has 1 aromatic heterocycles. The Hall–Kier alpha value is -1.59. The van der Waals surface area contributed by atoms with Gasteiger partial charge < -0.3 is 14.8 Å². The Morgan fingerprint density at radius 1 is 1.13 bits per heavy atom. The number of anilines is 1. The van der Waals surface area contributed by atoms with Crippen molar-refractivity contribution in [3.8, 4) is 5.06 Å². The van der Waals surface area contributed by atoms with Gasteiger partial charge in [-0.15, -0.1) is 0 Å². The third kappa shape index (κ3) is 6.20. The lowest BCUT2D eigenvalue weighted by atomic mass is 10.2. The monoisotopic (exact) mass is 334 g/mol. The molecule has 0 radical (unpaired) electrons. The van der Waals surface area contributed by atoms with Crippen LogP contribution in [0.4, 0.5) is 5.13 Å². The summed E-state index contributed by atoms with van der Waals surface area (Å²) in [6.07, 6.45) is 2.79. The van der Waals surface area contributed by atoms with Gasteiger partial charge in [-0.05, 0) is 25.3 Å². The van der Waals surface area contributed by atoms with Gasteiger partial charge in [-0.2, -0.15) is 0 Å². The van der Waals surface area contributed by atoms with Gasteiger partial charge in [0, 0.05) is 26.2 Å². The van der Waals surface area contributed by atoms with Gasteiger partial charge in [-0.25, -0.2) is 4.98 Å². The van der Waals surface area contributed by atoms with Crippen LogP contribution in [-0.2, 0) is 17.6 Å². The number of nitrogens with zero attached hydrogens (tertiary/aromatic N) is 1. The maximum Gasteiger partial charge on any atom is 0.199 e. The topological polar surface area (TPSA) is 43.4 Å². The van der Waals surface area contributed by atoms with E-state index in [2.05, 4.69) is 41.5 Å². The van der Waals surface area contributed by atoms with Gasteiger partial charge in [0.1, 0.15) is 0 Å². The molecule has 1 N–H and O–H groups in total. The highest BCUT2D eigenvalue weighted by atomic mass is 32.1. The van der Waals surface area contributed by atoms with E-state index in [0.29, 0.717) is 6.61 Å². The third-order valence-electron chi connectivity index (χ3n) is 3.40. The van der Waals surface area contributed by atoms with Crippen LogP contribution in [-0.4, -0.2) is 31.3 Å². The van der Waals surface area contributed by atoms with Gasteiger partial charge in [0.2, 0.25) is 0 Å². The summed E-state index contributed by atoms with van der Waals surface area (Å²) in [7, 11) is 0. The molecule has 0 saturated carbocycles.